The van der Waals surface area contributed by atoms with Crippen molar-refractivity contribution in [2.24, 2.45) is 0 Å². The zero-order valence-electron chi connectivity index (χ0n) is 11.7. The van der Waals surface area contributed by atoms with Crippen molar-refractivity contribution in [3.8, 4) is 5.75 Å². The topological polar surface area (TPSA) is 40.5 Å². The number of carbonyl (C=O) groups excluding carboxylic acids is 1. The average molecular weight is 352 g/mol. The molecule has 1 amide bonds. The van der Waals surface area contributed by atoms with Crippen molar-refractivity contribution in [2.75, 3.05) is 7.05 Å². The maximum absolute atomic E-state index is 13.9. The van der Waals surface area contributed by atoms with Crippen LogP contribution in [-0.4, -0.2) is 23.0 Å². The second-order valence-corrected chi connectivity index (χ2v) is 5.60. The van der Waals surface area contributed by atoms with Crippen LogP contribution in [0.4, 0.5) is 4.39 Å². The lowest BCUT2D eigenvalue weighted by molar-refractivity contribution is 0.0735. The summed E-state index contributed by atoms with van der Waals surface area (Å²) < 4.78 is 14.3. The fourth-order valence-electron chi connectivity index (χ4n) is 2.10. The van der Waals surface area contributed by atoms with Crippen LogP contribution in [0.15, 0.2) is 46.9 Å². The predicted octanol–water partition coefficient (Wildman–Crippen LogP) is 4.13. The van der Waals surface area contributed by atoms with Crippen molar-refractivity contribution in [1.29, 1.82) is 0 Å². The Labute approximate surface area is 131 Å². The number of hydrogen-bond donors (Lipinski definition) is 1. The summed E-state index contributed by atoms with van der Waals surface area (Å²) in [5.41, 5.74) is 0.600. The molecular weight excluding hydrogens is 337 g/mol. The van der Waals surface area contributed by atoms with Gasteiger partial charge < -0.3 is 10.0 Å². The fourth-order valence-corrected chi connectivity index (χ4v) is 2.62. The van der Waals surface area contributed by atoms with Gasteiger partial charge in [0.1, 0.15) is 11.6 Å². The summed E-state index contributed by atoms with van der Waals surface area (Å²) in [7, 11) is 1.58. The van der Waals surface area contributed by atoms with Gasteiger partial charge in [-0.1, -0.05) is 24.3 Å². The van der Waals surface area contributed by atoms with Crippen LogP contribution in [0.1, 0.15) is 28.9 Å². The molecule has 0 aliphatic rings. The first-order valence-corrected chi connectivity index (χ1v) is 7.22. The first-order chi connectivity index (χ1) is 9.93. The Balaban J connectivity index is 2.34. The van der Waals surface area contributed by atoms with Crippen molar-refractivity contribution in [3.63, 3.8) is 0 Å². The first-order valence-electron chi connectivity index (χ1n) is 6.42. The number of rotatable bonds is 3. The third kappa shape index (κ3) is 3.08. The summed E-state index contributed by atoms with van der Waals surface area (Å²) in [5.74, 6) is -0.918. The monoisotopic (exact) mass is 351 g/mol. The molecule has 2 rings (SSSR count). The van der Waals surface area contributed by atoms with E-state index in [1.807, 2.05) is 0 Å². The Kier molecular flexibility index (Phi) is 4.63. The Morgan fingerprint density at radius 3 is 2.52 bits per heavy atom. The highest BCUT2D eigenvalue weighted by Crippen LogP contribution is 2.29. The van der Waals surface area contributed by atoms with Crippen molar-refractivity contribution < 1.29 is 14.3 Å². The highest BCUT2D eigenvalue weighted by molar-refractivity contribution is 9.10. The summed E-state index contributed by atoms with van der Waals surface area (Å²) in [6.45, 7) is 1.78. The number of amides is 1. The van der Waals surface area contributed by atoms with Crippen LogP contribution in [0.5, 0.6) is 5.75 Å². The van der Waals surface area contributed by atoms with E-state index in [0.717, 1.165) is 0 Å². The SMILES string of the molecule is CC(c1ccccc1O)N(C)C(=O)c1c(F)cccc1Br. The summed E-state index contributed by atoms with van der Waals surface area (Å²) in [6.07, 6.45) is 0. The number of benzene rings is 2. The zero-order valence-corrected chi connectivity index (χ0v) is 13.3. The lowest BCUT2D eigenvalue weighted by atomic mass is 10.0. The van der Waals surface area contributed by atoms with E-state index in [1.54, 1.807) is 44.3 Å². The molecule has 0 heterocycles. The van der Waals surface area contributed by atoms with Crippen molar-refractivity contribution >= 4 is 21.8 Å². The highest BCUT2D eigenvalue weighted by atomic mass is 79.9. The standard InChI is InChI=1S/C16H15BrFNO2/c1-10(11-6-3-4-9-14(11)20)19(2)16(21)15-12(17)7-5-8-13(15)18/h3-10,20H,1-2H3. The summed E-state index contributed by atoms with van der Waals surface area (Å²) >= 11 is 3.20. The molecule has 1 unspecified atom stereocenters. The molecule has 0 saturated carbocycles. The summed E-state index contributed by atoms with van der Waals surface area (Å²) in [4.78, 5) is 13.9. The van der Waals surface area contributed by atoms with Gasteiger partial charge in [0, 0.05) is 17.1 Å². The summed E-state index contributed by atoms with van der Waals surface area (Å²) in [6, 6.07) is 10.8. The Morgan fingerprint density at radius 2 is 1.90 bits per heavy atom. The second-order valence-electron chi connectivity index (χ2n) is 4.75. The van der Waals surface area contributed by atoms with Gasteiger partial charge in [-0.2, -0.15) is 0 Å². The first kappa shape index (κ1) is 15.5. The van der Waals surface area contributed by atoms with Crippen LogP contribution >= 0.6 is 15.9 Å². The van der Waals surface area contributed by atoms with Gasteiger partial charge in [-0.25, -0.2) is 4.39 Å². The average Bonchev–Trinajstić information content (AvgIpc) is 2.46. The minimum absolute atomic E-state index is 0.0118. The Morgan fingerprint density at radius 1 is 1.24 bits per heavy atom. The van der Waals surface area contributed by atoms with E-state index in [4.69, 9.17) is 0 Å². The van der Waals surface area contributed by atoms with E-state index in [9.17, 15) is 14.3 Å². The minimum atomic E-state index is -0.578. The van der Waals surface area contributed by atoms with E-state index >= 15 is 0 Å². The number of phenolic OH excluding ortho intramolecular Hbond substituents is 1. The molecule has 1 N–H and O–H groups in total. The number of phenols is 1. The van der Waals surface area contributed by atoms with Gasteiger partial charge in [-0.3, -0.25) is 4.79 Å². The molecule has 0 radical (unpaired) electrons. The van der Waals surface area contributed by atoms with Gasteiger partial charge in [0.15, 0.2) is 0 Å². The Bertz CT molecular complexity index is 655. The van der Waals surface area contributed by atoms with Gasteiger partial charge in [0.25, 0.3) is 5.91 Å². The largest absolute Gasteiger partial charge is 0.508 e. The molecule has 0 fully saturated rings. The van der Waals surface area contributed by atoms with E-state index in [1.165, 1.54) is 17.0 Å². The minimum Gasteiger partial charge on any atom is -0.508 e. The molecule has 21 heavy (non-hydrogen) atoms. The normalized spacial score (nSPS) is 12.0. The molecule has 110 valence electrons. The van der Waals surface area contributed by atoms with E-state index in [2.05, 4.69) is 15.9 Å². The van der Waals surface area contributed by atoms with Gasteiger partial charge in [0.2, 0.25) is 0 Å². The molecule has 0 saturated heterocycles. The zero-order chi connectivity index (χ0) is 15.6. The molecule has 0 aliphatic heterocycles. The summed E-state index contributed by atoms with van der Waals surface area (Å²) in [5, 5.41) is 9.87. The number of hydrogen-bond acceptors (Lipinski definition) is 2. The lowest BCUT2D eigenvalue weighted by Crippen LogP contribution is -2.30. The maximum atomic E-state index is 13.9. The van der Waals surface area contributed by atoms with E-state index < -0.39 is 11.7 Å². The smallest absolute Gasteiger partial charge is 0.258 e. The van der Waals surface area contributed by atoms with Crippen LogP contribution in [0, 0.1) is 5.82 Å². The molecule has 0 spiro atoms. The van der Waals surface area contributed by atoms with Crippen molar-refractivity contribution in [3.05, 3.63) is 63.9 Å². The molecule has 3 nitrogen and oxygen atoms in total. The molecule has 2 aromatic carbocycles. The van der Waals surface area contributed by atoms with Crippen LogP contribution in [0.3, 0.4) is 0 Å². The molecule has 1 atom stereocenters. The molecule has 2 aromatic rings. The van der Waals surface area contributed by atoms with Gasteiger partial charge in [-0.15, -0.1) is 0 Å². The number of halogens is 2. The van der Waals surface area contributed by atoms with Crippen LogP contribution in [-0.2, 0) is 0 Å². The quantitative estimate of drug-likeness (QED) is 0.903. The maximum Gasteiger partial charge on any atom is 0.258 e. The second kappa shape index (κ2) is 6.26. The van der Waals surface area contributed by atoms with Crippen LogP contribution in [0.25, 0.3) is 0 Å². The molecule has 0 aliphatic carbocycles. The fraction of sp³-hybridized carbons (Fsp3) is 0.188. The highest BCUT2D eigenvalue weighted by Gasteiger charge is 2.24. The van der Waals surface area contributed by atoms with Crippen molar-refractivity contribution in [1.82, 2.24) is 4.90 Å². The van der Waals surface area contributed by atoms with Gasteiger partial charge in [0.05, 0.1) is 11.6 Å². The van der Waals surface area contributed by atoms with Crippen LogP contribution in [0.2, 0.25) is 0 Å². The number of para-hydroxylation sites is 1. The molecule has 5 heteroatoms. The molecule has 0 aromatic heterocycles. The number of carbonyl (C=O) groups is 1. The van der Waals surface area contributed by atoms with Crippen LogP contribution < -0.4 is 0 Å². The molecular formula is C16H15BrFNO2. The Hall–Kier alpha value is -1.88. The van der Waals surface area contributed by atoms with Crippen molar-refractivity contribution in [2.45, 2.75) is 13.0 Å². The van der Waals surface area contributed by atoms with Gasteiger partial charge >= 0.3 is 0 Å². The third-order valence-electron chi connectivity index (χ3n) is 3.46. The lowest BCUT2D eigenvalue weighted by Gasteiger charge is -2.26. The number of aromatic hydroxyl groups is 1. The molecule has 0 bridgehead atoms. The number of nitrogens with zero attached hydrogens (tertiary/aromatic N) is 1. The van der Waals surface area contributed by atoms with Gasteiger partial charge in [-0.05, 0) is 41.1 Å². The predicted molar refractivity (Wildman–Crippen MR) is 82.7 cm³/mol. The van der Waals surface area contributed by atoms with E-state index in [0.29, 0.717) is 10.0 Å². The van der Waals surface area contributed by atoms with E-state index in [-0.39, 0.29) is 17.4 Å². The third-order valence-corrected chi connectivity index (χ3v) is 4.13.